The molecular weight excluding hydrogens is 306 g/mol. The van der Waals surface area contributed by atoms with Crippen molar-refractivity contribution in [3.8, 4) is 0 Å². The molecule has 0 unspecified atom stereocenters. The molecule has 1 aromatic rings. The van der Waals surface area contributed by atoms with Gasteiger partial charge in [-0.15, -0.1) is 0 Å². The van der Waals surface area contributed by atoms with Crippen LogP contribution in [0.1, 0.15) is 38.2 Å². The minimum atomic E-state index is -0.0792. The van der Waals surface area contributed by atoms with E-state index in [4.69, 9.17) is 0 Å². The molecule has 3 fully saturated rings. The average Bonchev–Trinajstić information content (AvgIpc) is 3.40. The topological polar surface area (TPSA) is 69.6 Å². The van der Waals surface area contributed by atoms with Gasteiger partial charge in [0, 0.05) is 37.6 Å². The SMILES string of the molecule is CCc1cnc(N2CCC(N3CC(=O)N(C4CC4)C3=O)CC2)nc1. The van der Waals surface area contributed by atoms with Crippen LogP contribution < -0.4 is 4.90 Å². The van der Waals surface area contributed by atoms with E-state index in [1.165, 1.54) is 4.90 Å². The molecule has 7 nitrogen and oxygen atoms in total. The van der Waals surface area contributed by atoms with Crippen LogP contribution >= 0.6 is 0 Å². The number of urea groups is 1. The monoisotopic (exact) mass is 329 g/mol. The van der Waals surface area contributed by atoms with E-state index < -0.39 is 0 Å². The first-order valence-electron chi connectivity index (χ1n) is 8.86. The Bertz CT molecular complexity index is 635. The zero-order chi connectivity index (χ0) is 16.7. The molecule has 2 aliphatic heterocycles. The second-order valence-corrected chi connectivity index (χ2v) is 6.87. The molecule has 128 valence electrons. The van der Waals surface area contributed by atoms with E-state index in [-0.39, 0.29) is 30.6 Å². The molecule has 0 bridgehead atoms. The number of aryl methyl sites for hydroxylation is 1. The number of carbonyl (C=O) groups excluding carboxylic acids is 2. The van der Waals surface area contributed by atoms with Crippen LogP contribution in [0.4, 0.5) is 10.7 Å². The molecule has 0 N–H and O–H groups in total. The Balaban J connectivity index is 1.37. The van der Waals surface area contributed by atoms with Crippen LogP contribution in [0.2, 0.25) is 0 Å². The van der Waals surface area contributed by atoms with E-state index in [1.807, 2.05) is 12.4 Å². The minimum Gasteiger partial charge on any atom is -0.341 e. The fourth-order valence-electron chi connectivity index (χ4n) is 3.58. The van der Waals surface area contributed by atoms with Gasteiger partial charge in [0.25, 0.3) is 5.91 Å². The second kappa shape index (κ2) is 6.03. The number of aromatic nitrogens is 2. The van der Waals surface area contributed by atoms with Crippen molar-refractivity contribution >= 4 is 17.9 Å². The summed E-state index contributed by atoms with van der Waals surface area (Å²) in [6.45, 7) is 3.97. The highest BCUT2D eigenvalue weighted by Gasteiger charge is 2.47. The molecule has 24 heavy (non-hydrogen) atoms. The summed E-state index contributed by atoms with van der Waals surface area (Å²) >= 11 is 0. The lowest BCUT2D eigenvalue weighted by molar-refractivity contribution is -0.125. The Kier molecular flexibility index (Phi) is 3.86. The fraction of sp³-hybridized carbons (Fsp3) is 0.647. The van der Waals surface area contributed by atoms with Gasteiger partial charge in [0.2, 0.25) is 5.95 Å². The van der Waals surface area contributed by atoms with Crippen LogP contribution in [-0.2, 0) is 11.2 Å². The largest absolute Gasteiger partial charge is 0.341 e. The molecule has 3 heterocycles. The summed E-state index contributed by atoms with van der Waals surface area (Å²) in [4.78, 5) is 38.9. The van der Waals surface area contributed by atoms with Gasteiger partial charge < -0.3 is 9.80 Å². The first kappa shape index (κ1) is 15.4. The number of anilines is 1. The molecule has 2 saturated heterocycles. The number of hydrogen-bond acceptors (Lipinski definition) is 5. The van der Waals surface area contributed by atoms with Gasteiger partial charge in [0.1, 0.15) is 6.54 Å². The molecule has 0 atom stereocenters. The van der Waals surface area contributed by atoms with Crippen molar-refractivity contribution < 1.29 is 9.59 Å². The molecule has 3 aliphatic rings. The second-order valence-electron chi connectivity index (χ2n) is 6.87. The van der Waals surface area contributed by atoms with Crippen LogP contribution in [0.15, 0.2) is 12.4 Å². The number of rotatable bonds is 4. The fourth-order valence-corrected chi connectivity index (χ4v) is 3.58. The Hall–Kier alpha value is -2.18. The number of imide groups is 1. The van der Waals surface area contributed by atoms with Crippen molar-refractivity contribution in [1.82, 2.24) is 19.8 Å². The van der Waals surface area contributed by atoms with Gasteiger partial charge in [-0.05, 0) is 37.7 Å². The normalized spacial score (nSPS) is 22.6. The molecule has 1 saturated carbocycles. The summed E-state index contributed by atoms with van der Waals surface area (Å²) in [7, 11) is 0. The molecule has 0 aromatic carbocycles. The van der Waals surface area contributed by atoms with Gasteiger partial charge >= 0.3 is 6.03 Å². The number of carbonyl (C=O) groups is 2. The van der Waals surface area contributed by atoms with Gasteiger partial charge in [-0.3, -0.25) is 9.69 Å². The molecule has 3 amide bonds. The predicted octanol–water partition coefficient (Wildman–Crippen LogP) is 1.43. The summed E-state index contributed by atoms with van der Waals surface area (Å²) in [6.07, 6.45) is 8.34. The van der Waals surface area contributed by atoms with Crippen LogP contribution in [-0.4, -0.2) is 63.4 Å². The lowest BCUT2D eigenvalue weighted by atomic mass is 10.0. The third-order valence-electron chi connectivity index (χ3n) is 5.23. The first-order valence-corrected chi connectivity index (χ1v) is 8.86. The van der Waals surface area contributed by atoms with E-state index in [0.29, 0.717) is 0 Å². The minimum absolute atomic E-state index is 0.0246. The number of hydrogen-bond donors (Lipinski definition) is 0. The van der Waals surface area contributed by atoms with E-state index in [2.05, 4.69) is 21.8 Å². The molecule has 4 rings (SSSR count). The highest BCUT2D eigenvalue weighted by molar-refractivity contribution is 6.02. The zero-order valence-electron chi connectivity index (χ0n) is 14.0. The molecule has 0 radical (unpaired) electrons. The van der Waals surface area contributed by atoms with Crippen LogP contribution in [0, 0.1) is 0 Å². The van der Waals surface area contributed by atoms with Crippen molar-refractivity contribution in [1.29, 1.82) is 0 Å². The standard InChI is InChI=1S/C17H23N5O2/c1-2-12-9-18-16(19-10-12)20-7-5-13(6-8-20)21-11-15(23)22(17(21)24)14-3-4-14/h9-10,13-14H,2-8,11H2,1H3. The molecule has 0 spiro atoms. The molecule has 1 aromatic heterocycles. The van der Waals surface area contributed by atoms with Crippen LogP contribution in [0.5, 0.6) is 0 Å². The Morgan fingerprint density at radius 1 is 1.04 bits per heavy atom. The van der Waals surface area contributed by atoms with Crippen molar-refractivity contribution in [3.05, 3.63) is 18.0 Å². The summed E-state index contributed by atoms with van der Waals surface area (Å²) in [5, 5.41) is 0. The van der Waals surface area contributed by atoms with Crippen molar-refractivity contribution in [2.45, 2.75) is 51.1 Å². The van der Waals surface area contributed by atoms with Gasteiger partial charge in [0.05, 0.1) is 0 Å². The summed E-state index contributed by atoms with van der Waals surface area (Å²) in [6, 6.07) is 0.237. The van der Waals surface area contributed by atoms with Crippen molar-refractivity contribution in [2.75, 3.05) is 24.5 Å². The zero-order valence-corrected chi connectivity index (χ0v) is 14.0. The van der Waals surface area contributed by atoms with Crippen LogP contribution in [0.3, 0.4) is 0 Å². The smallest absolute Gasteiger partial charge is 0.327 e. The summed E-state index contributed by atoms with van der Waals surface area (Å²) in [5.74, 6) is 0.734. The maximum Gasteiger partial charge on any atom is 0.327 e. The van der Waals surface area contributed by atoms with Crippen LogP contribution in [0.25, 0.3) is 0 Å². The highest BCUT2D eigenvalue weighted by Crippen LogP contribution is 2.32. The third kappa shape index (κ3) is 2.72. The van der Waals surface area contributed by atoms with E-state index >= 15 is 0 Å². The first-order chi connectivity index (χ1) is 11.7. The molecule has 7 heteroatoms. The maximum atomic E-state index is 12.5. The Labute approximate surface area is 141 Å². The molecular formula is C17H23N5O2. The van der Waals surface area contributed by atoms with Crippen molar-refractivity contribution in [3.63, 3.8) is 0 Å². The van der Waals surface area contributed by atoms with E-state index in [9.17, 15) is 9.59 Å². The lowest BCUT2D eigenvalue weighted by Crippen LogP contribution is -2.47. The summed E-state index contributed by atoms with van der Waals surface area (Å²) in [5.41, 5.74) is 1.13. The van der Waals surface area contributed by atoms with E-state index in [1.54, 1.807) is 4.90 Å². The van der Waals surface area contributed by atoms with E-state index in [0.717, 1.165) is 56.7 Å². The van der Waals surface area contributed by atoms with Gasteiger partial charge in [-0.2, -0.15) is 0 Å². The quantitative estimate of drug-likeness (QED) is 0.782. The summed E-state index contributed by atoms with van der Waals surface area (Å²) < 4.78 is 0. The average molecular weight is 329 g/mol. The highest BCUT2D eigenvalue weighted by atomic mass is 16.2. The number of nitrogens with zero attached hydrogens (tertiary/aromatic N) is 5. The maximum absolute atomic E-state index is 12.5. The number of amides is 3. The third-order valence-corrected chi connectivity index (χ3v) is 5.23. The van der Waals surface area contributed by atoms with Gasteiger partial charge in [-0.1, -0.05) is 6.92 Å². The van der Waals surface area contributed by atoms with Gasteiger partial charge in [0.15, 0.2) is 0 Å². The van der Waals surface area contributed by atoms with Crippen molar-refractivity contribution in [2.24, 2.45) is 0 Å². The Morgan fingerprint density at radius 3 is 2.29 bits per heavy atom. The predicted molar refractivity (Wildman–Crippen MR) is 88.6 cm³/mol. The Morgan fingerprint density at radius 2 is 1.71 bits per heavy atom. The lowest BCUT2D eigenvalue weighted by Gasteiger charge is -2.36. The van der Waals surface area contributed by atoms with Gasteiger partial charge in [-0.25, -0.2) is 14.8 Å². The number of piperidine rings is 1. The molecule has 1 aliphatic carbocycles.